The number of aliphatic hydroxyl groups excluding tert-OH is 1. The zero-order valence-electron chi connectivity index (χ0n) is 14.0. The van der Waals surface area contributed by atoms with Gasteiger partial charge in [0.1, 0.15) is 0 Å². The van der Waals surface area contributed by atoms with Gasteiger partial charge in [-0.1, -0.05) is 32.0 Å². The third-order valence-electron chi connectivity index (χ3n) is 5.64. The first-order chi connectivity index (χ1) is 11.1. The number of piperidine rings is 1. The molecule has 1 aromatic carbocycles. The summed E-state index contributed by atoms with van der Waals surface area (Å²) in [7, 11) is 0. The number of rotatable bonds is 3. The predicted octanol–water partition coefficient (Wildman–Crippen LogP) is 1.78. The van der Waals surface area contributed by atoms with E-state index >= 15 is 0 Å². The van der Waals surface area contributed by atoms with E-state index in [1.807, 2.05) is 11.0 Å². The number of benzene rings is 1. The molecule has 2 bridgehead atoms. The number of anilines is 1. The quantitative estimate of drug-likeness (QED) is 0.893. The standard InChI is InChI=1S/C18H27N3O2/c1-13-14(2)17-12-20(18(23)19-8-9-22)10-15(13)11-21(17)16-6-4-3-5-7-16/h3-7,13-15,17,22H,8-12H2,1-2H3,(H,19,23)/t13-,14-,15?,17?/m0/s1. The second kappa shape index (κ2) is 6.79. The van der Waals surface area contributed by atoms with Gasteiger partial charge in [0.15, 0.2) is 0 Å². The fourth-order valence-corrected chi connectivity index (χ4v) is 4.05. The Bertz CT molecular complexity index is 536. The summed E-state index contributed by atoms with van der Waals surface area (Å²) in [6.45, 7) is 7.47. The van der Waals surface area contributed by atoms with Crippen molar-refractivity contribution in [3.8, 4) is 0 Å². The molecule has 4 rings (SSSR count). The summed E-state index contributed by atoms with van der Waals surface area (Å²) in [5, 5.41) is 11.7. The van der Waals surface area contributed by atoms with Crippen LogP contribution in [0.25, 0.3) is 0 Å². The molecule has 1 aromatic rings. The molecule has 0 aliphatic carbocycles. The topological polar surface area (TPSA) is 55.8 Å². The molecule has 3 heterocycles. The smallest absolute Gasteiger partial charge is 0.317 e. The van der Waals surface area contributed by atoms with E-state index in [1.54, 1.807) is 0 Å². The number of hydrogen-bond donors (Lipinski definition) is 2. The van der Waals surface area contributed by atoms with Gasteiger partial charge in [-0.25, -0.2) is 4.79 Å². The molecule has 23 heavy (non-hydrogen) atoms. The number of carbonyl (C=O) groups is 1. The molecular formula is C18H27N3O2. The van der Waals surface area contributed by atoms with Crippen LogP contribution in [0, 0.1) is 17.8 Å². The molecule has 4 atom stereocenters. The van der Waals surface area contributed by atoms with E-state index in [-0.39, 0.29) is 12.6 Å². The zero-order valence-corrected chi connectivity index (χ0v) is 14.0. The maximum atomic E-state index is 12.4. The van der Waals surface area contributed by atoms with Crippen LogP contribution in [-0.4, -0.2) is 54.9 Å². The fraction of sp³-hybridized carbons (Fsp3) is 0.611. The van der Waals surface area contributed by atoms with E-state index in [4.69, 9.17) is 5.11 Å². The van der Waals surface area contributed by atoms with E-state index in [0.717, 1.165) is 19.6 Å². The average Bonchev–Trinajstić information content (AvgIpc) is 2.85. The summed E-state index contributed by atoms with van der Waals surface area (Å²) < 4.78 is 0. The number of fused-ring (bicyclic) bond motifs is 4. The lowest BCUT2D eigenvalue weighted by Crippen LogP contribution is -2.52. The lowest BCUT2D eigenvalue weighted by molar-refractivity contribution is 0.187. The van der Waals surface area contributed by atoms with E-state index in [2.05, 4.69) is 48.3 Å². The highest BCUT2D eigenvalue weighted by Crippen LogP contribution is 2.39. The predicted molar refractivity (Wildman–Crippen MR) is 91.5 cm³/mol. The van der Waals surface area contributed by atoms with Crippen molar-refractivity contribution < 1.29 is 9.90 Å². The van der Waals surface area contributed by atoms with E-state index in [9.17, 15) is 4.79 Å². The molecule has 126 valence electrons. The summed E-state index contributed by atoms with van der Waals surface area (Å²) in [6.07, 6.45) is 0. The molecule has 2 unspecified atom stereocenters. The summed E-state index contributed by atoms with van der Waals surface area (Å²) >= 11 is 0. The molecule has 0 saturated carbocycles. The van der Waals surface area contributed by atoms with Gasteiger partial charge in [-0.15, -0.1) is 0 Å². The van der Waals surface area contributed by atoms with Gasteiger partial charge in [-0.05, 0) is 29.9 Å². The normalized spacial score (nSPS) is 30.2. The Kier molecular flexibility index (Phi) is 4.76. The van der Waals surface area contributed by atoms with Crippen LogP contribution in [0.1, 0.15) is 13.8 Å². The van der Waals surface area contributed by atoms with Crippen LogP contribution >= 0.6 is 0 Å². The van der Waals surface area contributed by atoms with Gasteiger partial charge in [0.2, 0.25) is 0 Å². The maximum Gasteiger partial charge on any atom is 0.317 e. The highest BCUT2D eigenvalue weighted by Gasteiger charge is 2.44. The Hall–Kier alpha value is -1.75. The van der Waals surface area contributed by atoms with Crippen LogP contribution in [0.4, 0.5) is 10.5 Å². The first-order valence-electron chi connectivity index (χ1n) is 8.57. The average molecular weight is 317 g/mol. The van der Waals surface area contributed by atoms with E-state index < -0.39 is 0 Å². The molecule has 0 aromatic heterocycles. The molecule has 5 nitrogen and oxygen atoms in total. The molecular weight excluding hydrogens is 290 g/mol. The molecule has 2 amide bonds. The molecule has 3 aliphatic rings. The summed E-state index contributed by atoms with van der Waals surface area (Å²) in [6, 6.07) is 10.8. The number of nitrogens with zero attached hydrogens (tertiary/aromatic N) is 2. The van der Waals surface area contributed by atoms with Crippen molar-refractivity contribution in [3.05, 3.63) is 30.3 Å². The first-order valence-corrected chi connectivity index (χ1v) is 8.57. The minimum absolute atomic E-state index is 0.0185. The van der Waals surface area contributed by atoms with Gasteiger partial charge < -0.3 is 20.2 Å². The monoisotopic (exact) mass is 317 g/mol. The second-order valence-electron chi connectivity index (χ2n) is 6.89. The minimum atomic E-state index is -0.0507. The number of amides is 2. The Balaban J connectivity index is 1.83. The zero-order chi connectivity index (χ0) is 16.4. The third kappa shape index (κ3) is 3.15. The van der Waals surface area contributed by atoms with Gasteiger partial charge in [0.25, 0.3) is 0 Å². The van der Waals surface area contributed by atoms with Crippen LogP contribution in [-0.2, 0) is 0 Å². The van der Waals surface area contributed by atoms with Crippen LogP contribution in [0.3, 0.4) is 0 Å². The molecule has 2 N–H and O–H groups in total. The SMILES string of the molecule is C[C@@H]1C2CN(C(=O)NCCO)CC([C@H]1C)N(c1ccccc1)C2. The van der Waals surface area contributed by atoms with Gasteiger partial charge in [0, 0.05) is 37.9 Å². The summed E-state index contributed by atoms with van der Waals surface area (Å²) in [4.78, 5) is 16.8. The second-order valence-corrected chi connectivity index (χ2v) is 6.89. The van der Waals surface area contributed by atoms with Crippen LogP contribution in [0.5, 0.6) is 0 Å². The van der Waals surface area contributed by atoms with Crippen LogP contribution in [0.15, 0.2) is 30.3 Å². The molecule has 0 spiro atoms. The highest BCUT2D eigenvalue weighted by molar-refractivity contribution is 5.74. The van der Waals surface area contributed by atoms with Crippen molar-refractivity contribution in [2.75, 3.05) is 37.7 Å². The lowest BCUT2D eigenvalue weighted by Gasteiger charge is -2.45. The summed E-state index contributed by atoms with van der Waals surface area (Å²) in [5.41, 5.74) is 1.25. The van der Waals surface area contributed by atoms with Crippen LogP contribution in [0.2, 0.25) is 0 Å². The maximum absolute atomic E-state index is 12.4. The van der Waals surface area contributed by atoms with Crippen LogP contribution < -0.4 is 10.2 Å². The van der Waals surface area contributed by atoms with Crippen molar-refractivity contribution in [2.45, 2.75) is 19.9 Å². The molecule has 0 radical (unpaired) electrons. The highest BCUT2D eigenvalue weighted by atomic mass is 16.3. The minimum Gasteiger partial charge on any atom is -0.395 e. The molecule has 3 fully saturated rings. The lowest BCUT2D eigenvalue weighted by atomic mass is 9.76. The number of urea groups is 1. The first kappa shape index (κ1) is 16.1. The fourth-order valence-electron chi connectivity index (χ4n) is 4.05. The Morgan fingerprint density at radius 2 is 1.91 bits per heavy atom. The van der Waals surface area contributed by atoms with Crippen molar-refractivity contribution in [2.24, 2.45) is 17.8 Å². The number of para-hydroxylation sites is 1. The van der Waals surface area contributed by atoms with Crippen molar-refractivity contribution in [3.63, 3.8) is 0 Å². The molecule has 5 heteroatoms. The van der Waals surface area contributed by atoms with Crippen molar-refractivity contribution >= 4 is 11.7 Å². The van der Waals surface area contributed by atoms with Gasteiger partial charge >= 0.3 is 6.03 Å². The third-order valence-corrected chi connectivity index (χ3v) is 5.64. The number of nitrogens with one attached hydrogen (secondary N) is 1. The largest absolute Gasteiger partial charge is 0.395 e. The van der Waals surface area contributed by atoms with E-state index in [1.165, 1.54) is 5.69 Å². The van der Waals surface area contributed by atoms with Gasteiger partial charge in [0.05, 0.1) is 6.61 Å². The Morgan fingerprint density at radius 3 is 2.61 bits per heavy atom. The number of aliphatic hydroxyl groups is 1. The number of hydrogen-bond acceptors (Lipinski definition) is 3. The van der Waals surface area contributed by atoms with E-state index in [0.29, 0.717) is 30.3 Å². The number of carbonyl (C=O) groups excluding carboxylic acids is 1. The van der Waals surface area contributed by atoms with Gasteiger partial charge in [-0.2, -0.15) is 0 Å². The molecule has 3 aliphatic heterocycles. The van der Waals surface area contributed by atoms with Crippen molar-refractivity contribution in [1.29, 1.82) is 0 Å². The summed E-state index contributed by atoms with van der Waals surface area (Å²) in [5.74, 6) is 1.63. The Morgan fingerprint density at radius 1 is 1.17 bits per heavy atom. The van der Waals surface area contributed by atoms with Gasteiger partial charge in [-0.3, -0.25) is 0 Å². The molecule has 3 saturated heterocycles. The van der Waals surface area contributed by atoms with Crippen molar-refractivity contribution in [1.82, 2.24) is 10.2 Å². The Labute approximate surface area is 138 Å².